The molecule has 2 aromatic rings. The molecule has 0 atom stereocenters. The number of aromatic nitrogens is 1. The molecule has 1 heterocycles. The van der Waals surface area contributed by atoms with Gasteiger partial charge in [0.15, 0.2) is 0 Å². The molecule has 0 aliphatic carbocycles. The highest BCUT2D eigenvalue weighted by molar-refractivity contribution is 7.89. The molecule has 0 aliphatic rings. The zero-order valence-corrected chi connectivity index (χ0v) is 9.52. The summed E-state index contributed by atoms with van der Waals surface area (Å²) >= 11 is 0. The second kappa shape index (κ2) is 4.56. The third-order valence-corrected chi connectivity index (χ3v) is 3.54. The molecule has 2 N–H and O–H groups in total. The number of phenols is 1. The smallest absolute Gasteiger partial charge is 0.244 e. The van der Waals surface area contributed by atoms with E-state index in [-0.39, 0.29) is 17.2 Å². The lowest BCUT2D eigenvalue weighted by molar-refractivity contribution is 0.410. The van der Waals surface area contributed by atoms with Crippen molar-refractivity contribution in [3.8, 4) is 5.75 Å². The molecule has 90 valence electrons. The summed E-state index contributed by atoms with van der Waals surface area (Å²) in [5, 5.41) is 13.0. The topological polar surface area (TPSA) is 92.4 Å². The summed E-state index contributed by atoms with van der Waals surface area (Å²) in [6, 6.07) is 7.26. The Morgan fingerprint density at radius 1 is 1.29 bits per heavy atom. The summed E-state index contributed by atoms with van der Waals surface area (Å²) in [6.45, 7) is 0.00711. The standard InChI is InChI=1S/C10H10N2O4S/c13-9-3-1-2-4-10(9)17(14,15)11-7-8-5-6-16-12-8/h1-6,11,13H,7H2. The zero-order chi connectivity index (χ0) is 12.3. The first-order valence-electron chi connectivity index (χ1n) is 4.76. The van der Waals surface area contributed by atoms with Crippen LogP contribution in [0.4, 0.5) is 0 Å². The minimum absolute atomic E-state index is 0.00711. The Balaban J connectivity index is 2.17. The van der Waals surface area contributed by atoms with Crippen LogP contribution in [0.5, 0.6) is 5.75 Å². The van der Waals surface area contributed by atoms with Crippen LogP contribution >= 0.6 is 0 Å². The van der Waals surface area contributed by atoms with Crippen molar-refractivity contribution in [3.05, 3.63) is 42.3 Å². The molecule has 0 radical (unpaired) electrons. The maximum absolute atomic E-state index is 11.8. The monoisotopic (exact) mass is 254 g/mol. The van der Waals surface area contributed by atoms with Gasteiger partial charge >= 0.3 is 0 Å². The summed E-state index contributed by atoms with van der Waals surface area (Å²) in [7, 11) is -3.75. The van der Waals surface area contributed by atoms with E-state index in [4.69, 9.17) is 0 Å². The number of sulfonamides is 1. The van der Waals surface area contributed by atoms with Gasteiger partial charge in [-0.3, -0.25) is 0 Å². The quantitative estimate of drug-likeness (QED) is 0.844. The molecule has 0 unspecified atom stereocenters. The minimum atomic E-state index is -3.75. The van der Waals surface area contributed by atoms with Gasteiger partial charge in [0, 0.05) is 6.07 Å². The summed E-state index contributed by atoms with van der Waals surface area (Å²) in [5.74, 6) is -0.292. The average Bonchev–Trinajstić information content (AvgIpc) is 2.80. The summed E-state index contributed by atoms with van der Waals surface area (Å²) < 4.78 is 30.5. The SMILES string of the molecule is O=S(=O)(NCc1ccon1)c1ccccc1O. The number of hydrogen-bond acceptors (Lipinski definition) is 5. The van der Waals surface area contributed by atoms with Crippen LogP contribution in [-0.4, -0.2) is 18.7 Å². The van der Waals surface area contributed by atoms with Gasteiger partial charge in [-0.2, -0.15) is 0 Å². The molecule has 1 aromatic carbocycles. The highest BCUT2D eigenvalue weighted by Gasteiger charge is 2.17. The molecule has 6 nitrogen and oxygen atoms in total. The molecule has 17 heavy (non-hydrogen) atoms. The Kier molecular flexibility index (Phi) is 3.12. The van der Waals surface area contributed by atoms with E-state index in [2.05, 4.69) is 14.4 Å². The van der Waals surface area contributed by atoms with Crippen molar-refractivity contribution in [1.29, 1.82) is 0 Å². The van der Waals surface area contributed by atoms with E-state index in [1.807, 2.05) is 0 Å². The molecule has 0 amide bonds. The first kappa shape index (κ1) is 11.6. The molecule has 0 saturated carbocycles. The first-order valence-corrected chi connectivity index (χ1v) is 6.25. The minimum Gasteiger partial charge on any atom is -0.507 e. The van der Waals surface area contributed by atoms with Gasteiger partial charge in [-0.1, -0.05) is 17.3 Å². The lowest BCUT2D eigenvalue weighted by Crippen LogP contribution is -2.23. The van der Waals surface area contributed by atoms with Crippen LogP contribution in [0.25, 0.3) is 0 Å². The fraction of sp³-hybridized carbons (Fsp3) is 0.100. The van der Waals surface area contributed by atoms with Crippen molar-refractivity contribution < 1.29 is 18.0 Å². The number of phenolic OH excluding ortho intramolecular Hbond substituents is 1. The summed E-state index contributed by atoms with van der Waals surface area (Å²) in [6.07, 6.45) is 1.35. The molecule has 2 rings (SSSR count). The Hall–Kier alpha value is -1.86. The molecular weight excluding hydrogens is 244 g/mol. The molecule has 0 bridgehead atoms. The number of nitrogens with zero attached hydrogens (tertiary/aromatic N) is 1. The van der Waals surface area contributed by atoms with E-state index in [0.29, 0.717) is 5.69 Å². The van der Waals surface area contributed by atoms with Gasteiger partial charge in [-0.15, -0.1) is 0 Å². The van der Waals surface area contributed by atoms with Crippen molar-refractivity contribution in [3.63, 3.8) is 0 Å². The largest absolute Gasteiger partial charge is 0.507 e. The van der Waals surface area contributed by atoms with E-state index >= 15 is 0 Å². The number of para-hydroxylation sites is 1. The van der Waals surface area contributed by atoms with Crippen LogP contribution < -0.4 is 4.72 Å². The predicted octanol–water partition coefficient (Wildman–Crippen LogP) is 0.859. The van der Waals surface area contributed by atoms with Crippen molar-refractivity contribution in [1.82, 2.24) is 9.88 Å². The van der Waals surface area contributed by atoms with E-state index in [9.17, 15) is 13.5 Å². The summed E-state index contributed by atoms with van der Waals surface area (Å²) in [5.41, 5.74) is 0.462. The average molecular weight is 254 g/mol. The van der Waals surface area contributed by atoms with Gasteiger partial charge in [0.1, 0.15) is 16.9 Å². The second-order valence-electron chi connectivity index (χ2n) is 3.28. The maximum atomic E-state index is 11.8. The lowest BCUT2D eigenvalue weighted by Gasteiger charge is -2.06. The van der Waals surface area contributed by atoms with Gasteiger partial charge in [-0.05, 0) is 12.1 Å². The number of aromatic hydroxyl groups is 1. The fourth-order valence-electron chi connectivity index (χ4n) is 1.26. The Morgan fingerprint density at radius 3 is 2.71 bits per heavy atom. The Labute approximate surface area is 97.9 Å². The lowest BCUT2D eigenvalue weighted by atomic mass is 10.3. The second-order valence-corrected chi connectivity index (χ2v) is 5.02. The van der Waals surface area contributed by atoms with E-state index in [1.165, 1.54) is 24.5 Å². The van der Waals surface area contributed by atoms with Gasteiger partial charge in [-0.25, -0.2) is 13.1 Å². The maximum Gasteiger partial charge on any atom is 0.244 e. The van der Waals surface area contributed by atoms with E-state index < -0.39 is 10.0 Å². The molecule has 0 fully saturated rings. The summed E-state index contributed by atoms with van der Waals surface area (Å²) in [4.78, 5) is -0.163. The van der Waals surface area contributed by atoms with Crippen LogP contribution in [0, 0.1) is 0 Å². The third kappa shape index (κ3) is 2.63. The number of rotatable bonds is 4. The highest BCUT2D eigenvalue weighted by Crippen LogP contribution is 2.21. The van der Waals surface area contributed by atoms with Crippen LogP contribution in [0.3, 0.4) is 0 Å². The van der Waals surface area contributed by atoms with Gasteiger partial charge in [0.2, 0.25) is 10.0 Å². The van der Waals surface area contributed by atoms with Gasteiger partial charge in [0.25, 0.3) is 0 Å². The van der Waals surface area contributed by atoms with Crippen LogP contribution in [0.15, 0.2) is 46.0 Å². The van der Waals surface area contributed by atoms with E-state index in [1.54, 1.807) is 12.1 Å². The van der Waals surface area contributed by atoms with Crippen molar-refractivity contribution in [2.24, 2.45) is 0 Å². The molecule has 0 saturated heterocycles. The number of benzene rings is 1. The number of hydrogen-bond donors (Lipinski definition) is 2. The fourth-order valence-corrected chi connectivity index (χ4v) is 2.35. The van der Waals surface area contributed by atoms with E-state index in [0.717, 1.165) is 0 Å². The first-order chi connectivity index (χ1) is 8.09. The normalized spacial score (nSPS) is 11.5. The van der Waals surface area contributed by atoms with Crippen LogP contribution in [0.1, 0.15) is 5.69 Å². The molecule has 1 aromatic heterocycles. The highest BCUT2D eigenvalue weighted by atomic mass is 32.2. The van der Waals surface area contributed by atoms with Gasteiger partial charge < -0.3 is 9.63 Å². The predicted molar refractivity (Wildman–Crippen MR) is 58.6 cm³/mol. The number of nitrogens with one attached hydrogen (secondary N) is 1. The third-order valence-electron chi connectivity index (χ3n) is 2.09. The molecular formula is C10H10N2O4S. The van der Waals surface area contributed by atoms with Crippen molar-refractivity contribution in [2.45, 2.75) is 11.4 Å². The van der Waals surface area contributed by atoms with Crippen molar-refractivity contribution >= 4 is 10.0 Å². The van der Waals surface area contributed by atoms with Crippen LogP contribution in [-0.2, 0) is 16.6 Å². The van der Waals surface area contributed by atoms with Crippen molar-refractivity contribution in [2.75, 3.05) is 0 Å². The molecule has 0 spiro atoms. The Morgan fingerprint density at radius 2 is 2.06 bits per heavy atom. The molecule has 7 heteroatoms. The van der Waals surface area contributed by atoms with Gasteiger partial charge in [0.05, 0.1) is 12.2 Å². The molecule has 0 aliphatic heterocycles. The van der Waals surface area contributed by atoms with Crippen LogP contribution in [0.2, 0.25) is 0 Å². The Bertz CT molecular complexity index is 593. The zero-order valence-electron chi connectivity index (χ0n) is 8.70.